The molecular weight excluding hydrogens is 410 g/mol. The van der Waals surface area contributed by atoms with Gasteiger partial charge in [0.2, 0.25) is 0 Å². The minimum absolute atomic E-state index is 0.0521. The van der Waals surface area contributed by atoms with Crippen LogP contribution < -0.4 is 4.90 Å². The molecule has 6 aromatic carbocycles. The van der Waals surface area contributed by atoms with E-state index >= 15 is 0 Å². The van der Waals surface area contributed by atoms with E-state index in [4.69, 9.17) is 0 Å². The molecule has 0 aromatic heterocycles. The molecule has 0 saturated heterocycles. The summed E-state index contributed by atoms with van der Waals surface area (Å²) in [7, 11) is 0. The van der Waals surface area contributed by atoms with Crippen LogP contribution in [0.1, 0.15) is 25.0 Å². The number of rotatable bonds is 1. The van der Waals surface area contributed by atoms with Crippen LogP contribution in [-0.2, 0) is 5.41 Å². The normalized spacial score (nSPS) is 14.4. The molecule has 0 bridgehead atoms. The first-order chi connectivity index (χ1) is 16.6. The summed E-state index contributed by atoms with van der Waals surface area (Å²) in [6.45, 7) is 4.67. The quantitative estimate of drug-likeness (QED) is 0.233. The summed E-state index contributed by atoms with van der Waals surface area (Å²) in [6.07, 6.45) is 0. The molecule has 0 N–H and O–H groups in total. The van der Waals surface area contributed by atoms with E-state index in [0.29, 0.717) is 0 Å². The second-order valence-electron chi connectivity index (χ2n) is 9.85. The summed E-state index contributed by atoms with van der Waals surface area (Å²) in [6, 6.07) is 42.3. The average molecular weight is 436 g/mol. The van der Waals surface area contributed by atoms with Crippen molar-refractivity contribution >= 4 is 49.4 Å². The number of nitrogens with zero attached hydrogens (tertiary/aromatic N) is 1. The Morgan fingerprint density at radius 2 is 1.03 bits per heavy atom. The largest absolute Gasteiger partial charge is 0.310 e. The Balaban J connectivity index is 1.56. The predicted octanol–water partition coefficient (Wildman–Crippen LogP) is 9.26. The van der Waals surface area contributed by atoms with Gasteiger partial charge in [-0.05, 0) is 67.7 Å². The fraction of sp³-hybridized carbons (Fsp3) is 0.0909. The Hall–Kier alpha value is -4.10. The molecule has 1 heteroatoms. The zero-order valence-corrected chi connectivity index (χ0v) is 19.4. The Morgan fingerprint density at radius 1 is 0.500 bits per heavy atom. The maximum absolute atomic E-state index is 2.44. The maximum Gasteiger partial charge on any atom is 0.0502 e. The molecule has 0 aliphatic carbocycles. The Bertz CT molecular complexity index is 1690. The van der Waals surface area contributed by atoms with Crippen LogP contribution in [0.15, 0.2) is 115 Å². The highest BCUT2D eigenvalue weighted by atomic mass is 15.2. The molecule has 0 saturated carbocycles. The number of fused-ring (bicyclic) bond motifs is 7. The second kappa shape index (κ2) is 6.95. The summed E-state index contributed by atoms with van der Waals surface area (Å²) < 4.78 is 0. The highest BCUT2D eigenvalue weighted by Crippen LogP contribution is 2.52. The number of hydrogen-bond donors (Lipinski definition) is 0. The standard InChI is InChI=1S/C33H25N/c1-33(2)28-11-5-7-13-30(28)34(31-14-8-6-12-29(31)33)25-20-19-23-16-18-24-17-15-22-9-3-4-10-26(22)32(24)27(23)21-25/h3-21H,1-2H3. The average Bonchev–Trinajstić information content (AvgIpc) is 2.88. The Kier molecular flexibility index (Phi) is 3.96. The van der Waals surface area contributed by atoms with Crippen molar-refractivity contribution in [1.82, 2.24) is 0 Å². The van der Waals surface area contributed by atoms with E-state index in [1.807, 2.05) is 0 Å². The zero-order chi connectivity index (χ0) is 22.9. The summed E-state index contributed by atoms with van der Waals surface area (Å²) in [5, 5.41) is 7.77. The molecule has 0 unspecified atom stereocenters. The minimum atomic E-state index is -0.0521. The van der Waals surface area contributed by atoms with Crippen molar-refractivity contribution in [1.29, 1.82) is 0 Å². The van der Waals surface area contributed by atoms with Gasteiger partial charge in [0.15, 0.2) is 0 Å². The fourth-order valence-corrected chi connectivity index (χ4v) is 5.90. The van der Waals surface area contributed by atoms with Crippen molar-refractivity contribution in [2.75, 3.05) is 4.90 Å². The Labute approximate surface area is 199 Å². The van der Waals surface area contributed by atoms with Gasteiger partial charge in [-0.1, -0.05) is 105 Å². The van der Waals surface area contributed by atoms with Crippen LogP contribution >= 0.6 is 0 Å². The van der Waals surface area contributed by atoms with Crippen LogP contribution in [0.4, 0.5) is 17.1 Å². The van der Waals surface area contributed by atoms with Gasteiger partial charge in [-0.15, -0.1) is 0 Å². The number of hydrogen-bond acceptors (Lipinski definition) is 1. The van der Waals surface area contributed by atoms with Crippen molar-refractivity contribution in [2.24, 2.45) is 0 Å². The summed E-state index contributed by atoms with van der Waals surface area (Å²) in [5.74, 6) is 0. The van der Waals surface area contributed by atoms with Crippen molar-refractivity contribution < 1.29 is 0 Å². The third kappa shape index (κ3) is 2.61. The summed E-state index contributed by atoms with van der Waals surface area (Å²) >= 11 is 0. The van der Waals surface area contributed by atoms with Crippen molar-refractivity contribution in [2.45, 2.75) is 19.3 Å². The highest BCUT2D eigenvalue weighted by molar-refractivity contribution is 6.20. The van der Waals surface area contributed by atoms with Gasteiger partial charge in [0.05, 0.1) is 11.4 Å². The van der Waals surface area contributed by atoms with Gasteiger partial charge in [0.25, 0.3) is 0 Å². The molecule has 0 amide bonds. The summed E-state index contributed by atoms with van der Waals surface area (Å²) in [4.78, 5) is 2.44. The summed E-state index contributed by atoms with van der Waals surface area (Å²) in [5.41, 5.74) is 6.38. The molecule has 1 aliphatic heterocycles. The molecule has 0 spiro atoms. The molecule has 1 heterocycles. The van der Waals surface area contributed by atoms with Gasteiger partial charge in [0.1, 0.15) is 0 Å². The van der Waals surface area contributed by atoms with Crippen molar-refractivity contribution in [3.63, 3.8) is 0 Å². The smallest absolute Gasteiger partial charge is 0.0502 e. The first kappa shape index (κ1) is 19.4. The van der Waals surface area contributed by atoms with E-state index < -0.39 is 0 Å². The second-order valence-corrected chi connectivity index (χ2v) is 9.85. The van der Waals surface area contributed by atoms with Crippen LogP contribution in [0.2, 0.25) is 0 Å². The van der Waals surface area contributed by atoms with Crippen molar-refractivity contribution in [3.05, 3.63) is 126 Å². The highest BCUT2D eigenvalue weighted by Gasteiger charge is 2.36. The lowest BCUT2D eigenvalue weighted by atomic mass is 9.73. The van der Waals surface area contributed by atoms with Crippen LogP contribution in [0.25, 0.3) is 32.3 Å². The Morgan fingerprint density at radius 3 is 1.74 bits per heavy atom. The molecule has 0 radical (unpaired) electrons. The molecule has 0 fully saturated rings. The van der Waals surface area contributed by atoms with E-state index in [-0.39, 0.29) is 5.41 Å². The third-order valence-corrected chi connectivity index (χ3v) is 7.60. The van der Waals surface area contributed by atoms with Gasteiger partial charge < -0.3 is 4.90 Å². The third-order valence-electron chi connectivity index (χ3n) is 7.60. The number of benzene rings is 6. The van der Waals surface area contributed by atoms with E-state index in [0.717, 1.165) is 0 Å². The van der Waals surface area contributed by atoms with E-state index in [1.54, 1.807) is 0 Å². The van der Waals surface area contributed by atoms with Crippen LogP contribution in [0.5, 0.6) is 0 Å². The first-order valence-electron chi connectivity index (χ1n) is 12.0. The van der Waals surface area contributed by atoms with Gasteiger partial charge in [-0.2, -0.15) is 0 Å². The molecule has 1 nitrogen and oxygen atoms in total. The van der Waals surface area contributed by atoms with Gasteiger partial charge >= 0.3 is 0 Å². The van der Waals surface area contributed by atoms with Gasteiger partial charge in [-0.3, -0.25) is 0 Å². The van der Waals surface area contributed by atoms with Crippen LogP contribution in [0, 0.1) is 0 Å². The first-order valence-corrected chi connectivity index (χ1v) is 12.0. The molecule has 1 aliphatic rings. The monoisotopic (exact) mass is 435 g/mol. The molecule has 7 rings (SSSR count). The van der Waals surface area contributed by atoms with Gasteiger partial charge in [0, 0.05) is 11.1 Å². The lowest BCUT2D eigenvalue weighted by Crippen LogP contribution is -2.30. The SMILES string of the molecule is CC1(C)c2ccccc2N(c2ccc3ccc4ccc5ccccc5c4c3c2)c2ccccc21. The molecule has 6 aromatic rings. The van der Waals surface area contributed by atoms with E-state index in [2.05, 4.69) is 134 Å². The lowest BCUT2D eigenvalue weighted by Gasteiger charge is -2.42. The minimum Gasteiger partial charge on any atom is -0.310 e. The number of anilines is 3. The topological polar surface area (TPSA) is 3.24 Å². The number of para-hydroxylation sites is 2. The molecule has 34 heavy (non-hydrogen) atoms. The fourth-order valence-electron chi connectivity index (χ4n) is 5.90. The molecule has 162 valence electrons. The molecule has 0 atom stereocenters. The van der Waals surface area contributed by atoms with Gasteiger partial charge in [-0.25, -0.2) is 0 Å². The predicted molar refractivity (Wildman–Crippen MR) is 146 cm³/mol. The zero-order valence-electron chi connectivity index (χ0n) is 19.4. The lowest BCUT2D eigenvalue weighted by molar-refractivity contribution is 0.632. The van der Waals surface area contributed by atoms with Crippen molar-refractivity contribution in [3.8, 4) is 0 Å². The van der Waals surface area contributed by atoms with E-state index in [9.17, 15) is 0 Å². The van der Waals surface area contributed by atoms with Crippen LogP contribution in [-0.4, -0.2) is 0 Å². The van der Waals surface area contributed by atoms with Crippen LogP contribution in [0.3, 0.4) is 0 Å². The molecular formula is C33H25N. The maximum atomic E-state index is 2.44. The van der Waals surface area contributed by atoms with E-state index in [1.165, 1.54) is 60.5 Å².